The van der Waals surface area contributed by atoms with Crippen molar-refractivity contribution in [2.45, 2.75) is 43.8 Å². The second-order valence-electron chi connectivity index (χ2n) is 9.12. The lowest BCUT2D eigenvalue weighted by Crippen LogP contribution is -2.30. The van der Waals surface area contributed by atoms with Crippen molar-refractivity contribution in [3.05, 3.63) is 138 Å². The molecule has 190 valence electrons. The molecule has 5 nitrogen and oxygen atoms in total. The van der Waals surface area contributed by atoms with Crippen molar-refractivity contribution < 1.29 is 13.2 Å². The Hall–Kier alpha value is -3.74. The summed E-state index contributed by atoms with van der Waals surface area (Å²) in [5.74, 6) is 0.0581. The summed E-state index contributed by atoms with van der Waals surface area (Å²) in [6.45, 7) is 2.90. The summed E-state index contributed by atoms with van der Waals surface area (Å²) in [5.41, 5.74) is 3.98. The highest BCUT2D eigenvalue weighted by atomic mass is 32.2. The minimum Gasteiger partial charge on any atom is -0.334 e. The quantitative estimate of drug-likeness (QED) is 0.273. The molecule has 0 bridgehead atoms. The summed E-state index contributed by atoms with van der Waals surface area (Å²) < 4.78 is 28.4. The van der Waals surface area contributed by atoms with Crippen molar-refractivity contribution in [2.24, 2.45) is 0 Å². The molecule has 6 heteroatoms. The molecule has 0 unspecified atom stereocenters. The second kappa shape index (κ2) is 12.5. The molecule has 37 heavy (non-hydrogen) atoms. The Morgan fingerprint density at radius 1 is 0.703 bits per heavy atom. The molecule has 1 amide bonds. The van der Waals surface area contributed by atoms with Gasteiger partial charge in [0.05, 0.1) is 4.90 Å². The Bertz CT molecular complexity index is 1330. The highest BCUT2D eigenvalue weighted by Gasteiger charge is 2.19. The zero-order chi connectivity index (χ0) is 26.1. The highest BCUT2D eigenvalue weighted by molar-refractivity contribution is 7.89. The van der Waals surface area contributed by atoms with Crippen LogP contribution < -0.4 is 4.72 Å². The summed E-state index contributed by atoms with van der Waals surface area (Å²) in [7, 11) is -3.66. The van der Waals surface area contributed by atoms with Gasteiger partial charge in [0.15, 0.2) is 0 Å². The van der Waals surface area contributed by atoms with Crippen molar-refractivity contribution in [1.82, 2.24) is 9.62 Å². The van der Waals surface area contributed by atoms with Gasteiger partial charge in [-0.15, -0.1) is 0 Å². The van der Waals surface area contributed by atoms with Crippen molar-refractivity contribution in [2.75, 3.05) is 0 Å². The number of sulfonamides is 1. The molecule has 0 fully saturated rings. The first-order chi connectivity index (χ1) is 17.9. The summed E-state index contributed by atoms with van der Waals surface area (Å²) in [6, 6.07) is 35.8. The van der Waals surface area contributed by atoms with E-state index in [2.05, 4.69) is 4.72 Å². The van der Waals surface area contributed by atoms with Crippen LogP contribution in [0.15, 0.2) is 120 Å². The third kappa shape index (κ3) is 7.62. The van der Waals surface area contributed by atoms with Crippen molar-refractivity contribution in [1.29, 1.82) is 0 Å². The largest absolute Gasteiger partial charge is 0.334 e. The third-order valence-electron chi connectivity index (χ3n) is 6.28. The van der Waals surface area contributed by atoms with Gasteiger partial charge in [-0.05, 0) is 47.7 Å². The highest BCUT2D eigenvalue weighted by Crippen LogP contribution is 2.18. The Morgan fingerprint density at radius 2 is 1.19 bits per heavy atom. The van der Waals surface area contributed by atoms with Gasteiger partial charge < -0.3 is 4.90 Å². The normalized spacial score (nSPS) is 12.1. The smallest absolute Gasteiger partial charge is 0.241 e. The van der Waals surface area contributed by atoms with E-state index in [1.54, 1.807) is 24.3 Å². The van der Waals surface area contributed by atoms with Crippen LogP contribution >= 0.6 is 0 Å². The van der Waals surface area contributed by atoms with Crippen LogP contribution in [0.5, 0.6) is 0 Å². The fraction of sp³-hybridized carbons (Fsp3) is 0.194. The Balaban J connectivity index is 1.39. The van der Waals surface area contributed by atoms with Crippen molar-refractivity contribution in [3.8, 4) is 0 Å². The molecular formula is C31H32N2O3S. The van der Waals surface area contributed by atoms with E-state index in [-0.39, 0.29) is 16.8 Å². The number of nitrogens with one attached hydrogen (secondary N) is 1. The molecule has 0 spiro atoms. The van der Waals surface area contributed by atoms with Gasteiger partial charge in [-0.2, -0.15) is 0 Å². The van der Waals surface area contributed by atoms with Crippen LogP contribution in [0.4, 0.5) is 0 Å². The number of nitrogens with zero attached hydrogens (tertiary/aromatic N) is 1. The molecular weight excluding hydrogens is 480 g/mol. The average Bonchev–Trinajstić information content (AvgIpc) is 2.93. The fourth-order valence-corrected chi connectivity index (χ4v) is 5.43. The van der Waals surface area contributed by atoms with Crippen LogP contribution in [0, 0.1) is 0 Å². The molecule has 1 atom stereocenters. The average molecular weight is 513 g/mol. The van der Waals surface area contributed by atoms with Crippen molar-refractivity contribution in [3.63, 3.8) is 0 Å². The predicted octanol–water partition coefficient (Wildman–Crippen LogP) is 5.89. The van der Waals surface area contributed by atoms with Crippen LogP contribution in [0.3, 0.4) is 0 Å². The van der Waals surface area contributed by atoms with Gasteiger partial charge in [-0.25, -0.2) is 13.1 Å². The van der Waals surface area contributed by atoms with E-state index in [1.165, 1.54) is 0 Å². The monoisotopic (exact) mass is 512 g/mol. The molecule has 4 rings (SSSR count). The maximum absolute atomic E-state index is 13.2. The zero-order valence-corrected chi connectivity index (χ0v) is 21.8. The van der Waals surface area contributed by atoms with Gasteiger partial charge in [0.1, 0.15) is 0 Å². The minimum atomic E-state index is -3.66. The number of benzene rings is 4. The number of amides is 1. The molecule has 0 aliphatic heterocycles. The molecule has 0 heterocycles. The standard InChI is InChI=1S/C31H32N2O3S/c1-25(29-15-9-4-10-16-29)32-37(35,36)30-20-17-26(18-21-30)19-22-31(34)33(23-27-11-5-2-6-12-27)24-28-13-7-3-8-14-28/h2-18,20-21,25,32H,19,22-24H2,1H3/t25-/m0/s1. The summed E-state index contributed by atoms with van der Waals surface area (Å²) in [4.78, 5) is 15.3. The fourth-order valence-electron chi connectivity index (χ4n) is 4.20. The molecule has 0 aliphatic carbocycles. The van der Waals surface area contributed by atoms with Gasteiger partial charge in [-0.3, -0.25) is 4.79 Å². The summed E-state index contributed by atoms with van der Waals surface area (Å²) in [6.07, 6.45) is 0.877. The van der Waals surface area contributed by atoms with Gasteiger partial charge in [-0.1, -0.05) is 103 Å². The van der Waals surface area contributed by atoms with E-state index in [4.69, 9.17) is 0 Å². The first-order valence-electron chi connectivity index (χ1n) is 12.4. The van der Waals surface area contributed by atoms with E-state index in [9.17, 15) is 13.2 Å². The Labute approximate surface area is 219 Å². The molecule has 0 radical (unpaired) electrons. The zero-order valence-electron chi connectivity index (χ0n) is 21.0. The van der Waals surface area contributed by atoms with E-state index in [0.29, 0.717) is 25.9 Å². The van der Waals surface area contributed by atoms with Crippen molar-refractivity contribution >= 4 is 15.9 Å². The molecule has 0 aromatic heterocycles. The third-order valence-corrected chi connectivity index (χ3v) is 7.83. The number of hydrogen-bond donors (Lipinski definition) is 1. The lowest BCUT2D eigenvalue weighted by molar-refractivity contribution is -0.132. The van der Waals surface area contributed by atoms with Gasteiger partial charge in [0, 0.05) is 25.6 Å². The van der Waals surface area contributed by atoms with E-state index in [1.807, 2.05) is 103 Å². The Kier molecular flexibility index (Phi) is 8.88. The van der Waals surface area contributed by atoms with Crippen LogP contribution in [0.2, 0.25) is 0 Å². The number of carbonyl (C=O) groups excluding carboxylic acids is 1. The number of aryl methyl sites for hydroxylation is 1. The van der Waals surface area contributed by atoms with E-state index >= 15 is 0 Å². The first-order valence-corrected chi connectivity index (χ1v) is 13.9. The summed E-state index contributed by atoms with van der Waals surface area (Å²) >= 11 is 0. The van der Waals surface area contributed by atoms with E-state index in [0.717, 1.165) is 22.3 Å². The van der Waals surface area contributed by atoms with Gasteiger partial charge in [0.2, 0.25) is 15.9 Å². The molecule has 4 aromatic rings. The maximum atomic E-state index is 13.2. The van der Waals surface area contributed by atoms with Crippen LogP contribution in [0.25, 0.3) is 0 Å². The number of rotatable bonds is 11. The van der Waals surface area contributed by atoms with Gasteiger partial charge in [0.25, 0.3) is 0 Å². The van der Waals surface area contributed by atoms with Gasteiger partial charge >= 0.3 is 0 Å². The molecule has 4 aromatic carbocycles. The molecule has 0 aliphatic rings. The lowest BCUT2D eigenvalue weighted by atomic mass is 10.1. The lowest BCUT2D eigenvalue weighted by Gasteiger charge is -2.23. The molecule has 0 saturated heterocycles. The van der Waals surface area contributed by atoms with Crippen LogP contribution in [-0.4, -0.2) is 19.2 Å². The topological polar surface area (TPSA) is 66.5 Å². The SMILES string of the molecule is C[C@H](NS(=O)(=O)c1ccc(CCC(=O)N(Cc2ccccc2)Cc2ccccc2)cc1)c1ccccc1. The summed E-state index contributed by atoms with van der Waals surface area (Å²) in [5, 5.41) is 0. The Morgan fingerprint density at radius 3 is 1.70 bits per heavy atom. The minimum absolute atomic E-state index is 0.0581. The number of carbonyl (C=O) groups is 1. The number of hydrogen-bond acceptors (Lipinski definition) is 3. The van der Waals surface area contributed by atoms with E-state index < -0.39 is 10.0 Å². The molecule has 1 N–H and O–H groups in total. The second-order valence-corrected chi connectivity index (χ2v) is 10.8. The first kappa shape index (κ1) is 26.3. The maximum Gasteiger partial charge on any atom is 0.241 e. The van der Waals surface area contributed by atoms with Crippen LogP contribution in [0.1, 0.15) is 41.6 Å². The predicted molar refractivity (Wildman–Crippen MR) is 147 cm³/mol. The molecule has 0 saturated carbocycles. The van der Waals surface area contributed by atoms with Crippen LogP contribution in [-0.2, 0) is 34.3 Å².